The van der Waals surface area contributed by atoms with E-state index in [2.05, 4.69) is 15.5 Å². The van der Waals surface area contributed by atoms with Crippen molar-refractivity contribution in [1.82, 2.24) is 10.2 Å². The molecule has 0 unspecified atom stereocenters. The van der Waals surface area contributed by atoms with E-state index in [4.69, 9.17) is 4.74 Å². The lowest BCUT2D eigenvalue weighted by Gasteiger charge is -2.26. The van der Waals surface area contributed by atoms with E-state index in [1.54, 1.807) is 48.5 Å². The average Bonchev–Trinajstić information content (AvgIpc) is 3.84. The molecule has 1 aliphatic heterocycles. The third kappa shape index (κ3) is 6.59. The summed E-state index contributed by atoms with van der Waals surface area (Å²) in [5, 5.41) is 5.81. The third-order valence-electron chi connectivity index (χ3n) is 7.27. The van der Waals surface area contributed by atoms with E-state index in [9.17, 15) is 18.8 Å². The molecule has 1 saturated heterocycles. The Labute approximate surface area is 233 Å². The molecule has 3 amide bonds. The van der Waals surface area contributed by atoms with Gasteiger partial charge in [-0.15, -0.1) is 0 Å². The van der Waals surface area contributed by atoms with Gasteiger partial charge in [-0.25, -0.2) is 4.39 Å². The number of amides is 3. The van der Waals surface area contributed by atoms with Gasteiger partial charge in [0.2, 0.25) is 5.91 Å². The predicted molar refractivity (Wildman–Crippen MR) is 151 cm³/mol. The zero-order valence-electron chi connectivity index (χ0n) is 22.5. The van der Waals surface area contributed by atoms with Gasteiger partial charge in [0, 0.05) is 55.6 Å². The number of rotatable bonds is 8. The quantitative estimate of drug-likeness (QED) is 0.437. The van der Waals surface area contributed by atoms with E-state index < -0.39 is 0 Å². The number of anilines is 2. The zero-order chi connectivity index (χ0) is 28.1. The molecule has 3 aromatic rings. The summed E-state index contributed by atoms with van der Waals surface area (Å²) in [5.41, 5.74) is 2.81. The Hall–Kier alpha value is -4.40. The van der Waals surface area contributed by atoms with Gasteiger partial charge in [-0.1, -0.05) is 18.2 Å². The van der Waals surface area contributed by atoms with Crippen molar-refractivity contribution < 1.29 is 23.5 Å². The first-order valence-electron chi connectivity index (χ1n) is 13.6. The minimum atomic E-state index is -0.341. The monoisotopic (exact) mass is 544 g/mol. The van der Waals surface area contributed by atoms with Crippen molar-refractivity contribution in [2.75, 3.05) is 43.5 Å². The molecule has 0 radical (unpaired) electrons. The van der Waals surface area contributed by atoms with Crippen molar-refractivity contribution >= 4 is 29.1 Å². The molecule has 3 aromatic carbocycles. The minimum Gasteiger partial charge on any atom is -0.497 e. The highest BCUT2D eigenvalue weighted by molar-refractivity contribution is 6.06. The molecule has 5 rings (SSSR count). The normalized spacial score (nSPS) is 15.2. The van der Waals surface area contributed by atoms with Crippen LogP contribution in [0.15, 0.2) is 66.7 Å². The van der Waals surface area contributed by atoms with Crippen molar-refractivity contribution in [3.63, 3.8) is 0 Å². The molecule has 208 valence electrons. The van der Waals surface area contributed by atoms with Crippen LogP contribution in [-0.4, -0.2) is 55.9 Å². The van der Waals surface area contributed by atoms with Crippen LogP contribution in [0.1, 0.15) is 45.5 Å². The fourth-order valence-electron chi connectivity index (χ4n) is 4.89. The van der Waals surface area contributed by atoms with Gasteiger partial charge >= 0.3 is 0 Å². The summed E-state index contributed by atoms with van der Waals surface area (Å²) in [6.07, 6.45) is 2.74. The Morgan fingerprint density at radius 1 is 0.925 bits per heavy atom. The maximum atomic E-state index is 13.5. The van der Waals surface area contributed by atoms with Gasteiger partial charge in [-0.05, 0) is 73.4 Å². The first-order chi connectivity index (χ1) is 19.4. The van der Waals surface area contributed by atoms with Crippen molar-refractivity contribution in [2.24, 2.45) is 5.92 Å². The molecular formula is C31H33FN4O4. The molecule has 2 N–H and O–H groups in total. The van der Waals surface area contributed by atoms with Crippen LogP contribution in [0.4, 0.5) is 15.8 Å². The first kappa shape index (κ1) is 27.2. The van der Waals surface area contributed by atoms with Crippen molar-refractivity contribution in [2.45, 2.75) is 25.8 Å². The number of hydrogen-bond acceptors (Lipinski definition) is 5. The van der Waals surface area contributed by atoms with Gasteiger partial charge in [0.25, 0.3) is 11.8 Å². The second-order valence-corrected chi connectivity index (χ2v) is 10.2. The molecule has 0 spiro atoms. The van der Waals surface area contributed by atoms with Crippen LogP contribution in [0.5, 0.6) is 5.75 Å². The molecule has 0 bridgehead atoms. The lowest BCUT2D eigenvalue weighted by Crippen LogP contribution is -2.36. The average molecular weight is 545 g/mol. The van der Waals surface area contributed by atoms with E-state index in [1.165, 1.54) is 19.2 Å². The molecule has 1 aliphatic carbocycles. The van der Waals surface area contributed by atoms with E-state index in [0.717, 1.165) is 30.5 Å². The molecule has 8 nitrogen and oxygen atoms in total. The van der Waals surface area contributed by atoms with Crippen molar-refractivity contribution in [3.05, 3.63) is 89.2 Å². The number of benzene rings is 3. The number of methoxy groups -OCH3 is 1. The van der Waals surface area contributed by atoms with E-state index in [1.807, 2.05) is 11.0 Å². The SMILES string of the molecule is COc1cccc(C(=O)Nc2ccc(N3CCCN(C(=O)C4CC4)CC3)c(C(=O)NCc3ccc(F)cc3)c2)c1. The van der Waals surface area contributed by atoms with E-state index in [-0.39, 0.29) is 36.0 Å². The number of carbonyl (C=O) groups is 3. The van der Waals surface area contributed by atoms with Crippen LogP contribution in [-0.2, 0) is 11.3 Å². The van der Waals surface area contributed by atoms with Crippen LogP contribution < -0.4 is 20.3 Å². The minimum absolute atomic E-state index is 0.173. The van der Waals surface area contributed by atoms with E-state index in [0.29, 0.717) is 48.7 Å². The Bertz CT molecular complexity index is 1390. The van der Waals surface area contributed by atoms with Crippen LogP contribution in [0.2, 0.25) is 0 Å². The van der Waals surface area contributed by atoms with Gasteiger partial charge in [-0.3, -0.25) is 14.4 Å². The number of ether oxygens (including phenoxy) is 1. The Kier molecular flexibility index (Phi) is 8.28. The van der Waals surface area contributed by atoms with Gasteiger partial charge in [0.05, 0.1) is 12.7 Å². The third-order valence-corrected chi connectivity index (χ3v) is 7.27. The second kappa shape index (κ2) is 12.2. The fraction of sp³-hybridized carbons (Fsp3) is 0.323. The topological polar surface area (TPSA) is 91.0 Å². The second-order valence-electron chi connectivity index (χ2n) is 10.2. The van der Waals surface area contributed by atoms with Crippen LogP contribution in [0.25, 0.3) is 0 Å². The van der Waals surface area contributed by atoms with Crippen LogP contribution in [0.3, 0.4) is 0 Å². The molecule has 0 aromatic heterocycles. The summed E-state index contributed by atoms with van der Waals surface area (Å²) < 4.78 is 18.5. The highest BCUT2D eigenvalue weighted by atomic mass is 19.1. The van der Waals surface area contributed by atoms with Crippen LogP contribution >= 0.6 is 0 Å². The summed E-state index contributed by atoms with van der Waals surface area (Å²) in [4.78, 5) is 43.2. The molecule has 40 heavy (non-hydrogen) atoms. The summed E-state index contributed by atoms with van der Waals surface area (Å²) in [6.45, 7) is 2.82. The van der Waals surface area contributed by atoms with E-state index >= 15 is 0 Å². The number of hydrogen-bond donors (Lipinski definition) is 2. The maximum absolute atomic E-state index is 13.5. The standard InChI is InChI=1S/C31H33FN4O4/c1-40-26-5-2-4-23(18-26)29(37)34-25-12-13-28(35-14-3-15-36(17-16-35)31(39)22-8-9-22)27(19-25)30(38)33-20-21-6-10-24(32)11-7-21/h2,4-7,10-13,18-19,22H,3,8-9,14-17,20H2,1H3,(H,33,38)(H,34,37). The first-order valence-corrected chi connectivity index (χ1v) is 13.6. The highest BCUT2D eigenvalue weighted by Crippen LogP contribution is 2.32. The Balaban J connectivity index is 1.37. The number of halogens is 1. The summed E-state index contributed by atoms with van der Waals surface area (Å²) in [5.74, 6) is -0.00622. The van der Waals surface area contributed by atoms with Crippen molar-refractivity contribution in [3.8, 4) is 5.75 Å². The Morgan fingerprint density at radius 2 is 1.73 bits per heavy atom. The molecule has 9 heteroatoms. The molecule has 2 aliphatic rings. The van der Waals surface area contributed by atoms with Crippen LogP contribution in [0, 0.1) is 11.7 Å². The van der Waals surface area contributed by atoms with Gasteiger partial charge in [0.15, 0.2) is 0 Å². The summed E-state index contributed by atoms with van der Waals surface area (Å²) in [7, 11) is 1.54. The molecule has 1 saturated carbocycles. The molecule has 0 atom stereocenters. The number of carbonyl (C=O) groups excluding carboxylic acids is 3. The fourth-order valence-corrected chi connectivity index (χ4v) is 4.89. The zero-order valence-corrected chi connectivity index (χ0v) is 22.5. The maximum Gasteiger partial charge on any atom is 0.255 e. The molecule has 2 fully saturated rings. The summed E-state index contributed by atoms with van der Waals surface area (Å²) >= 11 is 0. The van der Waals surface area contributed by atoms with Gasteiger partial charge < -0.3 is 25.2 Å². The number of nitrogens with one attached hydrogen (secondary N) is 2. The largest absolute Gasteiger partial charge is 0.497 e. The lowest BCUT2D eigenvalue weighted by atomic mass is 10.1. The summed E-state index contributed by atoms with van der Waals surface area (Å²) in [6, 6.07) is 18.1. The van der Waals surface area contributed by atoms with Crippen molar-refractivity contribution in [1.29, 1.82) is 0 Å². The predicted octanol–water partition coefficient (Wildman–Crippen LogP) is 4.47. The molecular weight excluding hydrogens is 511 g/mol. The molecule has 1 heterocycles. The van der Waals surface area contributed by atoms with Gasteiger partial charge in [-0.2, -0.15) is 0 Å². The Morgan fingerprint density at radius 3 is 2.48 bits per heavy atom. The lowest BCUT2D eigenvalue weighted by molar-refractivity contribution is -0.132. The highest BCUT2D eigenvalue weighted by Gasteiger charge is 2.34. The van der Waals surface area contributed by atoms with Gasteiger partial charge in [0.1, 0.15) is 11.6 Å². The smallest absolute Gasteiger partial charge is 0.255 e. The number of nitrogens with zero attached hydrogens (tertiary/aromatic N) is 2.